The van der Waals surface area contributed by atoms with E-state index in [1.807, 2.05) is 0 Å². The van der Waals surface area contributed by atoms with E-state index in [1.165, 1.54) is 13.0 Å². The van der Waals surface area contributed by atoms with Crippen molar-refractivity contribution in [1.82, 2.24) is 10.6 Å². The summed E-state index contributed by atoms with van der Waals surface area (Å²) >= 11 is 0. The van der Waals surface area contributed by atoms with Gasteiger partial charge in [-0.2, -0.15) is 0 Å². The number of carboxylic acid groups (broad SMARTS) is 1. The Hall–Kier alpha value is -2.06. The number of nitrogens with two attached hydrogens (primary N) is 1. The normalized spacial score (nSPS) is 22.0. The quantitative estimate of drug-likeness (QED) is 0.622. The Labute approximate surface area is 164 Å². The lowest BCUT2D eigenvalue weighted by molar-refractivity contribution is -0.145. The van der Waals surface area contributed by atoms with Gasteiger partial charge in [0, 0.05) is 38.0 Å². The first-order valence-corrected chi connectivity index (χ1v) is 9.33. The van der Waals surface area contributed by atoms with Crippen LogP contribution < -0.4 is 16.4 Å². The number of piperidine rings is 1. The van der Waals surface area contributed by atoms with Gasteiger partial charge in [-0.1, -0.05) is 6.07 Å². The highest BCUT2D eigenvalue weighted by molar-refractivity contribution is 5.73. The topological polar surface area (TPSA) is 104 Å². The number of carboxylic acids is 1. The summed E-state index contributed by atoms with van der Waals surface area (Å²) in [6, 6.07) is 4.04. The Morgan fingerprint density at radius 2 is 1.89 bits per heavy atom. The minimum Gasteiger partial charge on any atom is -0.481 e. The molecule has 6 nitrogen and oxygen atoms in total. The van der Waals surface area contributed by atoms with E-state index in [9.17, 15) is 18.4 Å². The lowest BCUT2D eigenvalue weighted by atomic mass is 9.82. The summed E-state index contributed by atoms with van der Waals surface area (Å²) in [5.41, 5.74) is 6.24. The molecule has 5 N–H and O–H groups in total. The molecule has 0 aliphatic carbocycles. The minimum absolute atomic E-state index is 0.0105. The summed E-state index contributed by atoms with van der Waals surface area (Å²) in [5.74, 6) is -2.51. The molecule has 1 heterocycles. The minimum atomic E-state index is -0.844. The van der Waals surface area contributed by atoms with E-state index in [4.69, 9.17) is 10.8 Å². The van der Waals surface area contributed by atoms with Crippen LogP contribution in [0.25, 0.3) is 0 Å². The maximum Gasteiger partial charge on any atom is 0.308 e. The second kappa shape index (κ2) is 10.5. The van der Waals surface area contributed by atoms with Crippen molar-refractivity contribution in [2.24, 2.45) is 11.1 Å². The van der Waals surface area contributed by atoms with E-state index in [-0.39, 0.29) is 23.9 Å². The maximum absolute atomic E-state index is 13.4. The van der Waals surface area contributed by atoms with Gasteiger partial charge in [-0.15, -0.1) is 0 Å². The Morgan fingerprint density at radius 1 is 1.29 bits per heavy atom. The SMILES string of the molecule is CC(=O)NCCC1C[C@@H](c2ccc(F)c(F)c2)[C@H](N)CN1.CC(C)(C)C(=O)O. The van der Waals surface area contributed by atoms with Gasteiger partial charge in [-0.05, 0) is 51.3 Å². The standard InChI is InChI=1S/C15H21F2N3O.C5H10O2/c1-9(21)19-5-4-11-7-12(15(18)8-20-11)10-2-3-13(16)14(17)6-10;1-5(2,3)4(6)7/h2-3,6,11-12,15,20H,4-5,7-8,18H2,1H3,(H,19,21);1-3H3,(H,6,7)/t11?,12-,15+;/m0./s1. The molecule has 1 aliphatic heterocycles. The van der Waals surface area contributed by atoms with Crippen molar-refractivity contribution >= 4 is 11.9 Å². The number of nitrogens with one attached hydrogen (secondary N) is 2. The molecule has 1 aromatic carbocycles. The lowest BCUT2D eigenvalue weighted by Gasteiger charge is -2.35. The summed E-state index contributed by atoms with van der Waals surface area (Å²) in [4.78, 5) is 20.9. The van der Waals surface area contributed by atoms with Crippen LogP contribution >= 0.6 is 0 Å². The Kier molecular flexibility index (Phi) is 8.97. The van der Waals surface area contributed by atoms with Crippen LogP contribution in [-0.4, -0.2) is 42.2 Å². The fourth-order valence-electron chi connectivity index (χ4n) is 2.78. The number of carbonyl (C=O) groups excluding carboxylic acids is 1. The summed E-state index contributed by atoms with van der Waals surface area (Å²) in [5, 5.41) is 14.3. The molecule has 1 aliphatic rings. The smallest absolute Gasteiger partial charge is 0.308 e. The number of aliphatic carboxylic acids is 1. The summed E-state index contributed by atoms with van der Waals surface area (Å²) in [7, 11) is 0. The Bertz CT molecular complexity index is 677. The molecule has 2 rings (SSSR count). The van der Waals surface area contributed by atoms with Crippen LogP contribution in [0.5, 0.6) is 0 Å². The molecule has 28 heavy (non-hydrogen) atoms. The van der Waals surface area contributed by atoms with Crippen molar-refractivity contribution in [1.29, 1.82) is 0 Å². The van der Waals surface area contributed by atoms with Crippen molar-refractivity contribution in [2.75, 3.05) is 13.1 Å². The van der Waals surface area contributed by atoms with Gasteiger partial charge in [0.05, 0.1) is 5.41 Å². The van der Waals surface area contributed by atoms with E-state index in [0.717, 1.165) is 24.5 Å². The van der Waals surface area contributed by atoms with Crippen LogP contribution in [0, 0.1) is 17.0 Å². The number of amides is 1. The fourth-order valence-corrected chi connectivity index (χ4v) is 2.78. The molecule has 1 amide bonds. The molecule has 3 atom stereocenters. The molecule has 8 heteroatoms. The van der Waals surface area contributed by atoms with Gasteiger partial charge >= 0.3 is 5.97 Å². The first-order valence-electron chi connectivity index (χ1n) is 9.33. The lowest BCUT2D eigenvalue weighted by Crippen LogP contribution is -2.50. The van der Waals surface area contributed by atoms with Crippen molar-refractivity contribution < 1.29 is 23.5 Å². The summed E-state index contributed by atoms with van der Waals surface area (Å²) < 4.78 is 26.4. The second-order valence-corrected chi connectivity index (χ2v) is 8.11. The van der Waals surface area contributed by atoms with Crippen LogP contribution in [0.3, 0.4) is 0 Å². The monoisotopic (exact) mass is 399 g/mol. The van der Waals surface area contributed by atoms with Crippen molar-refractivity contribution in [3.8, 4) is 0 Å². The van der Waals surface area contributed by atoms with Gasteiger partial charge in [0.25, 0.3) is 0 Å². The van der Waals surface area contributed by atoms with Gasteiger partial charge in [0.2, 0.25) is 5.91 Å². The highest BCUT2D eigenvalue weighted by Gasteiger charge is 2.29. The Morgan fingerprint density at radius 3 is 2.39 bits per heavy atom. The van der Waals surface area contributed by atoms with Crippen LogP contribution in [0.2, 0.25) is 0 Å². The second-order valence-electron chi connectivity index (χ2n) is 8.11. The number of carbonyl (C=O) groups is 2. The van der Waals surface area contributed by atoms with Crippen LogP contribution in [0.4, 0.5) is 8.78 Å². The first-order chi connectivity index (χ1) is 12.9. The van der Waals surface area contributed by atoms with Crippen molar-refractivity contribution in [3.63, 3.8) is 0 Å². The van der Waals surface area contributed by atoms with E-state index in [0.29, 0.717) is 13.1 Å². The van der Waals surface area contributed by atoms with Crippen LogP contribution in [-0.2, 0) is 9.59 Å². The zero-order valence-corrected chi connectivity index (χ0v) is 16.9. The third-order valence-electron chi connectivity index (χ3n) is 4.58. The molecular weight excluding hydrogens is 368 g/mol. The number of rotatable bonds is 4. The molecule has 1 saturated heterocycles. The average Bonchev–Trinajstić information content (AvgIpc) is 2.58. The van der Waals surface area contributed by atoms with Crippen molar-refractivity contribution in [3.05, 3.63) is 35.4 Å². The van der Waals surface area contributed by atoms with E-state index >= 15 is 0 Å². The molecule has 1 fully saturated rings. The predicted octanol–water partition coefficient (Wildman–Crippen LogP) is 2.38. The molecule has 158 valence electrons. The first kappa shape index (κ1) is 24.0. The van der Waals surface area contributed by atoms with Crippen molar-refractivity contribution in [2.45, 2.75) is 58.5 Å². The highest BCUT2D eigenvalue weighted by Crippen LogP contribution is 2.29. The van der Waals surface area contributed by atoms with Gasteiger partial charge in [0.15, 0.2) is 11.6 Å². The van der Waals surface area contributed by atoms with Crippen LogP contribution in [0.15, 0.2) is 18.2 Å². The molecule has 0 spiro atoms. The largest absolute Gasteiger partial charge is 0.481 e. The maximum atomic E-state index is 13.4. The van der Waals surface area contributed by atoms with Gasteiger partial charge in [-0.3, -0.25) is 9.59 Å². The number of benzene rings is 1. The number of halogens is 2. The molecule has 0 bridgehead atoms. The van der Waals surface area contributed by atoms with Gasteiger partial charge in [0.1, 0.15) is 0 Å². The molecule has 0 saturated carbocycles. The molecule has 0 aromatic heterocycles. The Balaban J connectivity index is 0.000000480. The van der Waals surface area contributed by atoms with E-state index in [1.54, 1.807) is 26.8 Å². The zero-order valence-electron chi connectivity index (χ0n) is 16.9. The predicted molar refractivity (Wildman–Crippen MR) is 104 cm³/mol. The molecule has 1 aromatic rings. The van der Waals surface area contributed by atoms with Gasteiger partial charge in [-0.25, -0.2) is 8.78 Å². The molecule has 0 radical (unpaired) electrons. The van der Waals surface area contributed by atoms with Gasteiger partial charge < -0.3 is 21.5 Å². The highest BCUT2D eigenvalue weighted by atomic mass is 19.2. The van der Waals surface area contributed by atoms with E-state index < -0.39 is 23.0 Å². The third kappa shape index (κ3) is 7.90. The van der Waals surface area contributed by atoms with Crippen LogP contribution in [0.1, 0.15) is 52.0 Å². The summed E-state index contributed by atoms with van der Waals surface area (Å²) in [6.07, 6.45) is 1.53. The average molecular weight is 399 g/mol. The van der Waals surface area contributed by atoms with E-state index in [2.05, 4.69) is 10.6 Å². The number of hydrogen-bond donors (Lipinski definition) is 4. The third-order valence-corrected chi connectivity index (χ3v) is 4.58. The summed E-state index contributed by atoms with van der Waals surface area (Å²) in [6.45, 7) is 7.68. The molecule has 1 unspecified atom stereocenters. The molecular formula is C20H31F2N3O3. The fraction of sp³-hybridized carbons (Fsp3) is 0.600. The zero-order chi connectivity index (χ0) is 21.5. The number of hydrogen-bond acceptors (Lipinski definition) is 4.